The molecule has 0 radical (unpaired) electrons. The smallest absolute Gasteiger partial charge is 0.247 e. The molecule has 5 N–H and O–H groups in total. The van der Waals surface area contributed by atoms with Crippen LogP contribution in [0.5, 0.6) is 0 Å². The van der Waals surface area contributed by atoms with Gasteiger partial charge < -0.3 is 21.7 Å². The zero-order valence-electron chi connectivity index (χ0n) is 18.3. The number of benzene rings is 2. The summed E-state index contributed by atoms with van der Waals surface area (Å²) < 4.78 is 13.6. The molecule has 3 atom stereocenters. The van der Waals surface area contributed by atoms with Crippen LogP contribution < -0.4 is 21.7 Å². The quantitative estimate of drug-likeness (QED) is 0.422. The normalized spacial score (nSPS) is 18.7. The standard InChI is InChI=1S/C25H28FN5O2/c26-19-7-9-21-18(11-19)12-20(15-29-21)30-24(32)22(8-6-16-4-2-1-3-5-16)31-25(33)23-10-17(13-27)14-28-23/h1-5,7,9,11-12,15,17,22-23,28H,6,8,10,13-14,27H2,(H,30,32)(H,31,33)/t17-,22-,23+/m1/s1. The first kappa shape index (κ1) is 22.8. The van der Waals surface area contributed by atoms with Crippen LogP contribution in [0.1, 0.15) is 18.4 Å². The van der Waals surface area contributed by atoms with Crippen LogP contribution in [0.3, 0.4) is 0 Å². The molecule has 0 unspecified atom stereocenters. The number of hydrogen-bond donors (Lipinski definition) is 4. The van der Waals surface area contributed by atoms with Crippen molar-refractivity contribution in [3.8, 4) is 0 Å². The highest BCUT2D eigenvalue weighted by atomic mass is 19.1. The third kappa shape index (κ3) is 5.91. The van der Waals surface area contributed by atoms with Crippen molar-refractivity contribution < 1.29 is 14.0 Å². The molecule has 1 aliphatic heterocycles. The Hall–Kier alpha value is -3.36. The van der Waals surface area contributed by atoms with E-state index in [1.165, 1.54) is 18.3 Å². The van der Waals surface area contributed by atoms with Crippen LogP contribution in [0, 0.1) is 11.7 Å². The second kappa shape index (κ2) is 10.5. The van der Waals surface area contributed by atoms with Gasteiger partial charge in [0.05, 0.1) is 23.4 Å². The molecule has 1 aliphatic rings. The average Bonchev–Trinajstić information content (AvgIpc) is 3.31. The van der Waals surface area contributed by atoms with Crippen LogP contribution in [0.2, 0.25) is 0 Å². The minimum absolute atomic E-state index is 0.210. The van der Waals surface area contributed by atoms with Gasteiger partial charge in [-0.05, 0) is 68.1 Å². The molecular formula is C25H28FN5O2. The Morgan fingerprint density at radius 3 is 2.76 bits per heavy atom. The second-order valence-corrected chi connectivity index (χ2v) is 8.43. The van der Waals surface area contributed by atoms with Crippen LogP contribution in [-0.2, 0) is 16.0 Å². The van der Waals surface area contributed by atoms with Crippen molar-refractivity contribution in [2.45, 2.75) is 31.3 Å². The average molecular weight is 450 g/mol. The third-order valence-electron chi connectivity index (χ3n) is 5.98. The van der Waals surface area contributed by atoms with Gasteiger partial charge in [0.15, 0.2) is 0 Å². The molecule has 0 bridgehead atoms. The SMILES string of the molecule is NC[C@@H]1CN[C@H](C(=O)N[C@H](CCc2ccccc2)C(=O)Nc2cnc3ccc(F)cc3c2)C1. The van der Waals surface area contributed by atoms with E-state index < -0.39 is 6.04 Å². The first-order valence-electron chi connectivity index (χ1n) is 11.2. The van der Waals surface area contributed by atoms with Gasteiger partial charge in [0, 0.05) is 5.39 Å². The van der Waals surface area contributed by atoms with Crippen LogP contribution >= 0.6 is 0 Å². The van der Waals surface area contributed by atoms with Crippen molar-refractivity contribution in [2.24, 2.45) is 11.7 Å². The van der Waals surface area contributed by atoms with E-state index in [0.29, 0.717) is 48.9 Å². The summed E-state index contributed by atoms with van der Waals surface area (Å²) in [5, 5.41) is 9.50. The Morgan fingerprint density at radius 2 is 2.00 bits per heavy atom. The maximum absolute atomic E-state index is 13.6. The van der Waals surface area contributed by atoms with Gasteiger partial charge in [0.2, 0.25) is 11.8 Å². The van der Waals surface area contributed by atoms with Crippen molar-refractivity contribution in [3.63, 3.8) is 0 Å². The highest BCUT2D eigenvalue weighted by Gasteiger charge is 2.31. The largest absolute Gasteiger partial charge is 0.343 e. The Balaban J connectivity index is 1.47. The number of carbonyl (C=O) groups excluding carboxylic acids is 2. The summed E-state index contributed by atoms with van der Waals surface area (Å²) in [6.45, 7) is 1.21. The minimum Gasteiger partial charge on any atom is -0.343 e. The molecular weight excluding hydrogens is 421 g/mol. The lowest BCUT2D eigenvalue weighted by molar-refractivity contribution is -0.127. The van der Waals surface area contributed by atoms with Crippen molar-refractivity contribution in [1.29, 1.82) is 0 Å². The number of nitrogens with zero attached hydrogens (tertiary/aromatic N) is 1. The summed E-state index contributed by atoms with van der Waals surface area (Å²) in [5.74, 6) is -0.676. The van der Waals surface area contributed by atoms with Crippen LogP contribution in [0.25, 0.3) is 10.9 Å². The number of anilines is 1. The van der Waals surface area contributed by atoms with Gasteiger partial charge in [-0.2, -0.15) is 0 Å². The summed E-state index contributed by atoms with van der Waals surface area (Å²) in [4.78, 5) is 30.3. The zero-order chi connectivity index (χ0) is 23.2. The zero-order valence-corrected chi connectivity index (χ0v) is 18.3. The number of halogens is 1. The van der Waals surface area contributed by atoms with Gasteiger partial charge in [-0.1, -0.05) is 30.3 Å². The van der Waals surface area contributed by atoms with Crippen molar-refractivity contribution in [3.05, 3.63) is 72.2 Å². The lowest BCUT2D eigenvalue weighted by atomic mass is 10.0. The summed E-state index contributed by atoms with van der Waals surface area (Å²) in [7, 11) is 0. The summed E-state index contributed by atoms with van der Waals surface area (Å²) in [6.07, 6.45) is 3.24. The lowest BCUT2D eigenvalue weighted by Gasteiger charge is -2.21. The number of pyridine rings is 1. The van der Waals surface area contributed by atoms with Crippen molar-refractivity contribution in [1.82, 2.24) is 15.6 Å². The maximum Gasteiger partial charge on any atom is 0.247 e. The highest BCUT2D eigenvalue weighted by Crippen LogP contribution is 2.19. The van der Waals surface area contributed by atoms with Gasteiger partial charge in [0.1, 0.15) is 11.9 Å². The molecule has 7 nitrogen and oxygen atoms in total. The minimum atomic E-state index is -0.736. The maximum atomic E-state index is 13.6. The number of carbonyl (C=O) groups is 2. The van der Waals surface area contributed by atoms with E-state index in [9.17, 15) is 14.0 Å². The molecule has 33 heavy (non-hydrogen) atoms. The predicted molar refractivity (Wildman–Crippen MR) is 126 cm³/mol. The Bertz CT molecular complexity index is 1120. The summed E-state index contributed by atoms with van der Waals surface area (Å²) in [6, 6.07) is 14.7. The van der Waals surface area contributed by atoms with Gasteiger partial charge in [0.25, 0.3) is 0 Å². The van der Waals surface area contributed by atoms with E-state index >= 15 is 0 Å². The van der Waals surface area contributed by atoms with Gasteiger partial charge >= 0.3 is 0 Å². The Morgan fingerprint density at radius 1 is 1.18 bits per heavy atom. The van der Waals surface area contributed by atoms with E-state index in [4.69, 9.17) is 5.73 Å². The number of aryl methyl sites for hydroxylation is 1. The van der Waals surface area contributed by atoms with Crippen molar-refractivity contribution >= 4 is 28.4 Å². The van der Waals surface area contributed by atoms with E-state index in [1.54, 1.807) is 12.1 Å². The number of amides is 2. The fourth-order valence-corrected chi connectivity index (χ4v) is 4.09. The molecule has 1 aromatic heterocycles. The molecule has 0 spiro atoms. The molecule has 1 saturated heterocycles. The Kier molecular flexibility index (Phi) is 7.26. The summed E-state index contributed by atoms with van der Waals surface area (Å²) in [5.41, 5.74) is 7.88. The lowest BCUT2D eigenvalue weighted by Crippen LogP contribution is -2.50. The van der Waals surface area contributed by atoms with Crippen LogP contribution in [0.15, 0.2) is 60.8 Å². The highest BCUT2D eigenvalue weighted by molar-refractivity contribution is 5.99. The van der Waals surface area contributed by atoms with Crippen molar-refractivity contribution in [2.75, 3.05) is 18.4 Å². The second-order valence-electron chi connectivity index (χ2n) is 8.43. The molecule has 2 amide bonds. The molecule has 0 aliphatic carbocycles. The molecule has 3 aromatic rings. The first-order chi connectivity index (χ1) is 16.0. The van der Waals surface area contributed by atoms with Crippen LogP contribution in [0.4, 0.5) is 10.1 Å². The molecule has 1 fully saturated rings. The molecule has 172 valence electrons. The fourth-order valence-electron chi connectivity index (χ4n) is 4.09. The molecule has 2 aromatic carbocycles. The van der Waals surface area contributed by atoms with E-state index in [2.05, 4.69) is 20.9 Å². The van der Waals surface area contributed by atoms with E-state index in [-0.39, 0.29) is 29.6 Å². The molecule has 0 saturated carbocycles. The van der Waals surface area contributed by atoms with Gasteiger partial charge in [-0.3, -0.25) is 14.6 Å². The topological polar surface area (TPSA) is 109 Å². The van der Waals surface area contributed by atoms with Gasteiger partial charge in [-0.15, -0.1) is 0 Å². The Labute approximate surface area is 192 Å². The molecule has 2 heterocycles. The number of fused-ring (bicyclic) bond motifs is 1. The summed E-state index contributed by atoms with van der Waals surface area (Å²) >= 11 is 0. The van der Waals surface area contributed by atoms with E-state index in [0.717, 1.165) is 5.56 Å². The third-order valence-corrected chi connectivity index (χ3v) is 5.98. The monoisotopic (exact) mass is 449 g/mol. The number of hydrogen-bond acceptors (Lipinski definition) is 5. The number of rotatable bonds is 8. The van der Waals surface area contributed by atoms with Gasteiger partial charge in [-0.25, -0.2) is 4.39 Å². The number of nitrogens with one attached hydrogen (secondary N) is 3. The van der Waals surface area contributed by atoms with E-state index in [1.807, 2.05) is 30.3 Å². The number of aromatic nitrogens is 1. The van der Waals surface area contributed by atoms with Crippen LogP contribution in [-0.4, -0.2) is 42.0 Å². The fraction of sp³-hybridized carbons (Fsp3) is 0.320. The molecule has 4 rings (SSSR count). The first-order valence-corrected chi connectivity index (χ1v) is 11.2. The predicted octanol–water partition coefficient (Wildman–Crippen LogP) is 2.37. The number of nitrogens with two attached hydrogens (primary N) is 1. The molecule has 8 heteroatoms.